The van der Waals surface area contributed by atoms with Crippen LogP contribution in [0.5, 0.6) is 0 Å². The molecule has 3 heterocycles. The summed E-state index contributed by atoms with van der Waals surface area (Å²) in [5, 5.41) is 1.02. The lowest BCUT2D eigenvalue weighted by atomic mass is 9.82. The summed E-state index contributed by atoms with van der Waals surface area (Å²) in [6, 6.07) is 7.22. The number of benzene rings is 1. The average molecular weight is 340 g/mol. The van der Waals surface area contributed by atoms with Crippen molar-refractivity contribution in [2.75, 3.05) is 20.3 Å². The van der Waals surface area contributed by atoms with Crippen LogP contribution in [0.1, 0.15) is 24.2 Å². The van der Waals surface area contributed by atoms with E-state index in [1.807, 2.05) is 41.3 Å². The summed E-state index contributed by atoms with van der Waals surface area (Å²) in [5.41, 5.74) is 1.76. The molecule has 0 fully saturated rings. The second-order valence-corrected chi connectivity index (χ2v) is 6.36. The second kappa shape index (κ2) is 5.74. The van der Waals surface area contributed by atoms with E-state index in [-0.39, 0.29) is 18.5 Å². The highest BCUT2D eigenvalue weighted by molar-refractivity contribution is 5.93. The third-order valence-electron chi connectivity index (χ3n) is 5.13. The topological polar surface area (TPSA) is 71.6 Å². The molecule has 0 radical (unpaired) electrons. The van der Waals surface area contributed by atoms with Crippen molar-refractivity contribution in [1.82, 2.24) is 9.88 Å². The molecule has 0 amide bonds. The maximum atomic E-state index is 12.8. The van der Waals surface area contributed by atoms with Gasteiger partial charge in [-0.15, -0.1) is 0 Å². The lowest BCUT2D eigenvalue weighted by molar-refractivity contribution is -0.161. The maximum absolute atomic E-state index is 12.8. The highest BCUT2D eigenvalue weighted by Crippen LogP contribution is 2.45. The number of hydrogen-bond acceptors (Lipinski definition) is 5. The van der Waals surface area contributed by atoms with Gasteiger partial charge in [-0.05, 0) is 18.6 Å². The summed E-state index contributed by atoms with van der Waals surface area (Å²) in [5.74, 6) is -0.710. The van der Waals surface area contributed by atoms with Crippen molar-refractivity contribution in [1.29, 1.82) is 0 Å². The van der Waals surface area contributed by atoms with E-state index in [1.165, 1.54) is 7.11 Å². The molecule has 0 unspecified atom stereocenters. The lowest BCUT2D eigenvalue weighted by Crippen LogP contribution is -2.58. The Balaban J connectivity index is 1.94. The number of H-pyrrole nitrogens is 1. The van der Waals surface area contributed by atoms with Gasteiger partial charge in [-0.3, -0.25) is 4.90 Å². The molecule has 0 saturated heterocycles. The van der Waals surface area contributed by atoms with Crippen LogP contribution in [-0.2, 0) is 25.5 Å². The monoisotopic (exact) mass is 340 g/mol. The zero-order chi connectivity index (χ0) is 17.6. The molecule has 2 aliphatic rings. The quantitative estimate of drug-likeness (QED) is 0.684. The maximum Gasteiger partial charge on any atom is 0.330 e. The van der Waals surface area contributed by atoms with Crippen LogP contribution in [0.4, 0.5) is 0 Å². The van der Waals surface area contributed by atoms with Crippen molar-refractivity contribution in [2.24, 2.45) is 0 Å². The Morgan fingerprint density at radius 3 is 2.92 bits per heavy atom. The summed E-state index contributed by atoms with van der Waals surface area (Å²) in [4.78, 5) is 30.7. The Morgan fingerprint density at radius 2 is 2.16 bits per heavy atom. The van der Waals surface area contributed by atoms with Gasteiger partial charge in [0.2, 0.25) is 0 Å². The predicted octanol–water partition coefficient (Wildman–Crippen LogP) is 2.11. The minimum atomic E-state index is -0.968. The van der Waals surface area contributed by atoms with Gasteiger partial charge in [0, 0.05) is 29.6 Å². The van der Waals surface area contributed by atoms with Gasteiger partial charge >= 0.3 is 11.9 Å². The van der Waals surface area contributed by atoms with Crippen LogP contribution >= 0.6 is 0 Å². The van der Waals surface area contributed by atoms with Crippen LogP contribution in [0.3, 0.4) is 0 Å². The summed E-state index contributed by atoms with van der Waals surface area (Å²) in [6.07, 6.45) is 4.23. The summed E-state index contributed by atoms with van der Waals surface area (Å²) in [7, 11) is 1.38. The molecular formula is C19H20N2O4. The number of aromatic nitrogens is 1. The zero-order valence-electron chi connectivity index (χ0n) is 14.2. The number of nitrogens with zero attached hydrogens (tertiary/aromatic N) is 1. The van der Waals surface area contributed by atoms with Gasteiger partial charge in [-0.25, -0.2) is 9.59 Å². The van der Waals surface area contributed by atoms with Gasteiger partial charge in [-0.2, -0.15) is 0 Å². The first-order valence-electron chi connectivity index (χ1n) is 8.41. The molecule has 25 heavy (non-hydrogen) atoms. The van der Waals surface area contributed by atoms with Gasteiger partial charge in [-0.1, -0.05) is 30.4 Å². The Kier molecular flexibility index (Phi) is 3.65. The van der Waals surface area contributed by atoms with Crippen molar-refractivity contribution in [2.45, 2.75) is 24.9 Å². The Hall–Kier alpha value is -2.60. The fourth-order valence-electron chi connectivity index (χ4n) is 4.09. The van der Waals surface area contributed by atoms with E-state index in [9.17, 15) is 9.59 Å². The first-order chi connectivity index (χ1) is 12.1. The molecule has 0 aliphatic carbocycles. The van der Waals surface area contributed by atoms with Gasteiger partial charge in [0.05, 0.1) is 13.7 Å². The van der Waals surface area contributed by atoms with Gasteiger partial charge in [0.15, 0.2) is 6.04 Å². The molecule has 6 nitrogen and oxygen atoms in total. The van der Waals surface area contributed by atoms with Crippen LogP contribution in [0, 0.1) is 0 Å². The number of rotatable bonds is 3. The number of ether oxygens (including phenoxy) is 2. The minimum absolute atomic E-state index is 0.289. The van der Waals surface area contributed by atoms with E-state index in [1.54, 1.807) is 6.92 Å². The molecule has 0 bridgehead atoms. The summed E-state index contributed by atoms with van der Waals surface area (Å²) < 4.78 is 10.4. The standard InChI is InChI=1S/C19H20N2O4/c1-3-25-17(22)16-15-13(12-7-4-5-8-14(12)20-15)11-19(18(23)24-2)9-6-10-21(16)19/h4-9,16,20H,3,10-11H2,1-2H3/t16-,19+/m0/s1. The van der Waals surface area contributed by atoms with Gasteiger partial charge < -0.3 is 14.5 Å². The smallest absolute Gasteiger partial charge is 0.330 e. The van der Waals surface area contributed by atoms with Gasteiger partial charge in [0.25, 0.3) is 0 Å². The molecule has 0 saturated carbocycles. The number of para-hydroxylation sites is 1. The average Bonchev–Trinajstić information content (AvgIpc) is 3.20. The third kappa shape index (κ3) is 2.14. The molecule has 2 aromatic rings. The minimum Gasteiger partial charge on any atom is -0.467 e. The number of esters is 2. The van der Waals surface area contributed by atoms with Crippen molar-refractivity contribution in [3.63, 3.8) is 0 Å². The third-order valence-corrected chi connectivity index (χ3v) is 5.13. The number of carbonyl (C=O) groups excluding carboxylic acids is 2. The molecular weight excluding hydrogens is 320 g/mol. The van der Waals surface area contributed by atoms with Crippen LogP contribution in [0.15, 0.2) is 36.4 Å². The molecule has 1 aromatic heterocycles. The zero-order valence-corrected chi connectivity index (χ0v) is 14.2. The van der Waals surface area contributed by atoms with E-state index in [0.29, 0.717) is 13.0 Å². The summed E-state index contributed by atoms with van der Waals surface area (Å²) >= 11 is 0. The van der Waals surface area contributed by atoms with Crippen LogP contribution < -0.4 is 0 Å². The fourth-order valence-corrected chi connectivity index (χ4v) is 4.09. The van der Waals surface area contributed by atoms with Crippen LogP contribution in [0.2, 0.25) is 0 Å². The molecule has 2 atom stereocenters. The van der Waals surface area contributed by atoms with Gasteiger partial charge in [0.1, 0.15) is 5.54 Å². The molecule has 1 aromatic carbocycles. The molecule has 130 valence electrons. The SMILES string of the molecule is CCOC(=O)[C@@H]1c2[nH]c3ccccc3c2C[C@@]2(C(=O)OC)C=CCN12. The number of nitrogens with one attached hydrogen (secondary N) is 1. The van der Waals surface area contributed by atoms with Crippen molar-refractivity contribution in [3.05, 3.63) is 47.7 Å². The molecule has 2 aliphatic heterocycles. The normalized spacial score (nSPS) is 24.8. The number of hydrogen-bond donors (Lipinski definition) is 1. The van der Waals surface area contributed by atoms with Crippen molar-refractivity contribution < 1.29 is 19.1 Å². The number of fused-ring (bicyclic) bond motifs is 4. The first-order valence-corrected chi connectivity index (χ1v) is 8.41. The Morgan fingerprint density at radius 1 is 1.36 bits per heavy atom. The highest BCUT2D eigenvalue weighted by atomic mass is 16.5. The number of methoxy groups -OCH3 is 1. The number of carbonyl (C=O) groups is 2. The van der Waals surface area contributed by atoms with E-state index in [2.05, 4.69) is 4.98 Å². The predicted molar refractivity (Wildman–Crippen MR) is 92.0 cm³/mol. The van der Waals surface area contributed by atoms with Crippen LogP contribution in [-0.4, -0.2) is 47.6 Å². The molecule has 1 N–H and O–H groups in total. The first kappa shape index (κ1) is 15.9. The van der Waals surface area contributed by atoms with Crippen molar-refractivity contribution in [3.8, 4) is 0 Å². The number of aromatic amines is 1. The summed E-state index contributed by atoms with van der Waals surface area (Å²) in [6.45, 7) is 2.56. The van der Waals surface area contributed by atoms with Crippen LogP contribution in [0.25, 0.3) is 10.9 Å². The Bertz CT molecular complexity index is 885. The van der Waals surface area contributed by atoms with E-state index in [4.69, 9.17) is 9.47 Å². The molecule has 0 spiro atoms. The molecule has 6 heteroatoms. The lowest BCUT2D eigenvalue weighted by Gasteiger charge is -2.43. The van der Waals surface area contributed by atoms with E-state index < -0.39 is 11.6 Å². The van der Waals surface area contributed by atoms with E-state index in [0.717, 1.165) is 22.2 Å². The van der Waals surface area contributed by atoms with E-state index >= 15 is 0 Å². The fraction of sp³-hybridized carbons (Fsp3) is 0.368. The Labute approximate surface area is 145 Å². The highest BCUT2D eigenvalue weighted by Gasteiger charge is 2.55. The molecule has 4 rings (SSSR count). The largest absolute Gasteiger partial charge is 0.467 e. The van der Waals surface area contributed by atoms with Crippen molar-refractivity contribution >= 4 is 22.8 Å². The second-order valence-electron chi connectivity index (χ2n) is 6.36.